The Balaban J connectivity index is 2.31. The molecule has 7 nitrogen and oxygen atoms in total. The van der Waals surface area contributed by atoms with Crippen LogP contribution in [0.15, 0.2) is 17.3 Å². The molecule has 0 saturated carbocycles. The topological polar surface area (TPSA) is 95.2 Å². The minimum Gasteiger partial charge on any atom is -0.358 e. The van der Waals surface area contributed by atoms with Crippen molar-refractivity contribution in [2.45, 2.75) is 23.9 Å². The molecule has 1 aromatic heterocycles. The Labute approximate surface area is 99.2 Å². The fourth-order valence-electron chi connectivity index (χ4n) is 1.97. The first-order valence-electron chi connectivity index (χ1n) is 5.30. The van der Waals surface area contributed by atoms with Crippen molar-refractivity contribution < 1.29 is 13.2 Å². The van der Waals surface area contributed by atoms with E-state index < -0.39 is 16.1 Å². The third kappa shape index (κ3) is 2.05. The highest BCUT2D eigenvalue weighted by molar-refractivity contribution is 7.89. The van der Waals surface area contributed by atoms with Gasteiger partial charge in [-0.2, -0.15) is 9.40 Å². The van der Waals surface area contributed by atoms with Crippen LogP contribution >= 0.6 is 0 Å². The SMILES string of the molecule is CNC(=O)C1CCCN1S(=O)(=O)c1ccn[nH]1. The molecule has 0 radical (unpaired) electrons. The first kappa shape index (κ1) is 12.1. The van der Waals surface area contributed by atoms with Crippen molar-refractivity contribution in [3.8, 4) is 0 Å². The molecule has 8 heteroatoms. The van der Waals surface area contributed by atoms with Gasteiger partial charge in [0.2, 0.25) is 5.91 Å². The van der Waals surface area contributed by atoms with E-state index in [1.165, 1.54) is 23.6 Å². The van der Waals surface area contributed by atoms with Gasteiger partial charge in [-0.25, -0.2) is 8.42 Å². The number of amides is 1. The van der Waals surface area contributed by atoms with E-state index in [0.717, 1.165) is 0 Å². The Morgan fingerprint density at radius 2 is 2.41 bits per heavy atom. The number of carbonyl (C=O) groups is 1. The van der Waals surface area contributed by atoms with Gasteiger partial charge in [-0.3, -0.25) is 9.89 Å². The van der Waals surface area contributed by atoms with Gasteiger partial charge in [0.15, 0.2) is 5.03 Å². The number of hydrogen-bond acceptors (Lipinski definition) is 4. The number of carbonyl (C=O) groups excluding carboxylic acids is 1. The molecule has 1 unspecified atom stereocenters. The quantitative estimate of drug-likeness (QED) is 0.750. The second kappa shape index (κ2) is 4.46. The van der Waals surface area contributed by atoms with Crippen LogP contribution in [0.4, 0.5) is 0 Å². The second-order valence-electron chi connectivity index (χ2n) is 3.81. The summed E-state index contributed by atoms with van der Waals surface area (Å²) in [7, 11) is -2.14. The summed E-state index contributed by atoms with van der Waals surface area (Å²) in [5.41, 5.74) is 0. The van der Waals surface area contributed by atoms with E-state index in [4.69, 9.17) is 0 Å². The molecule has 2 rings (SSSR count). The van der Waals surface area contributed by atoms with Crippen LogP contribution in [0.5, 0.6) is 0 Å². The lowest BCUT2D eigenvalue weighted by Gasteiger charge is -2.21. The molecule has 1 atom stereocenters. The van der Waals surface area contributed by atoms with E-state index in [9.17, 15) is 13.2 Å². The van der Waals surface area contributed by atoms with Crippen LogP contribution in [0.2, 0.25) is 0 Å². The molecule has 1 aliphatic heterocycles. The molecule has 0 aromatic carbocycles. The van der Waals surface area contributed by atoms with Crippen LogP contribution in [0.3, 0.4) is 0 Å². The first-order chi connectivity index (χ1) is 8.07. The Morgan fingerprint density at radius 1 is 1.65 bits per heavy atom. The summed E-state index contributed by atoms with van der Waals surface area (Å²) in [6.45, 7) is 0.361. The number of hydrogen-bond donors (Lipinski definition) is 2. The number of aromatic amines is 1. The second-order valence-corrected chi connectivity index (χ2v) is 5.67. The standard InChI is InChI=1S/C9H14N4O3S/c1-10-9(14)7-3-2-6-13(7)17(15,16)8-4-5-11-12-8/h4-5,7H,2-3,6H2,1H3,(H,10,14)(H,11,12). The van der Waals surface area contributed by atoms with Crippen molar-refractivity contribution in [2.24, 2.45) is 0 Å². The molecule has 1 amide bonds. The highest BCUT2D eigenvalue weighted by Gasteiger charge is 2.39. The molecule has 2 N–H and O–H groups in total. The zero-order chi connectivity index (χ0) is 12.5. The van der Waals surface area contributed by atoms with E-state index in [0.29, 0.717) is 19.4 Å². The molecular weight excluding hydrogens is 244 g/mol. The number of aromatic nitrogens is 2. The van der Waals surface area contributed by atoms with E-state index in [1.807, 2.05) is 0 Å². The number of likely N-dealkylation sites (N-methyl/N-ethyl adjacent to an activating group) is 1. The smallest absolute Gasteiger partial charge is 0.260 e. The van der Waals surface area contributed by atoms with Gasteiger partial charge in [-0.1, -0.05) is 0 Å². The fraction of sp³-hybridized carbons (Fsp3) is 0.556. The first-order valence-corrected chi connectivity index (χ1v) is 6.74. The van der Waals surface area contributed by atoms with E-state index in [1.54, 1.807) is 0 Å². The zero-order valence-electron chi connectivity index (χ0n) is 9.38. The minimum atomic E-state index is -3.65. The molecule has 94 valence electrons. The summed E-state index contributed by atoms with van der Waals surface area (Å²) in [5.74, 6) is -0.273. The number of nitrogens with one attached hydrogen (secondary N) is 2. The van der Waals surface area contributed by atoms with Crippen molar-refractivity contribution in [1.82, 2.24) is 19.8 Å². The van der Waals surface area contributed by atoms with Gasteiger partial charge in [0.25, 0.3) is 10.0 Å². The Bertz CT molecular complexity index is 496. The Kier molecular flexibility index (Phi) is 3.16. The van der Waals surface area contributed by atoms with Gasteiger partial charge < -0.3 is 5.32 Å². The molecule has 0 bridgehead atoms. The van der Waals surface area contributed by atoms with E-state index >= 15 is 0 Å². The predicted molar refractivity (Wildman–Crippen MR) is 59.6 cm³/mol. The van der Waals surface area contributed by atoms with Crippen molar-refractivity contribution in [1.29, 1.82) is 0 Å². The third-order valence-electron chi connectivity index (χ3n) is 2.81. The molecule has 1 aromatic rings. The zero-order valence-corrected chi connectivity index (χ0v) is 10.2. The highest BCUT2D eigenvalue weighted by atomic mass is 32.2. The summed E-state index contributed by atoms with van der Waals surface area (Å²) in [5, 5.41) is 8.54. The van der Waals surface area contributed by atoms with Gasteiger partial charge in [0.05, 0.1) is 6.20 Å². The molecule has 0 spiro atoms. The average molecular weight is 258 g/mol. The molecule has 17 heavy (non-hydrogen) atoms. The number of nitrogens with zero attached hydrogens (tertiary/aromatic N) is 2. The maximum absolute atomic E-state index is 12.2. The van der Waals surface area contributed by atoms with E-state index in [-0.39, 0.29) is 10.9 Å². The van der Waals surface area contributed by atoms with Crippen LogP contribution in [-0.4, -0.2) is 48.5 Å². The van der Waals surface area contributed by atoms with Crippen LogP contribution in [0.1, 0.15) is 12.8 Å². The predicted octanol–water partition coefficient (Wildman–Crippen LogP) is -0.691. The van der Waals surface area contributed by atoms with Crippen molar-refractivity contribution in [2.75, 3.05) is 13.6 Å². The summed E-state index contributed by atoms with van der Waals surface area (Å²) >= 11 is 0. The maximum atomic E-state index is 12.2. The van der Waals surface area contributed by atoms with Gasteiger partial charge in [-0.15, -0.1) is 0 Å². The summed E-state index contributed by atoms with van der Waals surface area (Å²) < 4.78 is 25.6. The van der Waals surface area contributed by atoms with Crippen LogP contribution < -0.4 is 5.32 Å². The largest absolute Gasteiger partial charge is 0.358 e. The van der Waals surface area contributed by atoms with Crippen molar-refractivity contribution in [3.63, 3.8) is 0 Å². The van der Waals surface area contributed by atoms with Crippen LogP contribution in [0, 0.1) is 0 Å². The van der Waals surface area contributed by atoms with Crippen LogP contribution in [0.25, 0.3) is 0 Å². The van der Waals surface area contributed by atoms with Gasteiger partial charge >= 0.3 is 0 Å². The molecule has 1 fully saturated rings. The molecule has 0 aliphatic carbocycles. The minimum absolute atomic E-state index is 0.0216. The summed E-state index contributed by atoms with van der Waals surface area (Å²) in [6, 6.07) is 0.766. The van der Waals surface area contributed by atoms with Gasteiger partial charge in [0, 0.05) is 13.6 Å². The lowest BCUT2D eigenvalue weighted by atomic mass is 10.2. The van der Waals surface area contributed by atoms with Crippen molar-refractivity contribution >= 4 is 15.9 Å². The Morgan fingerprint density at radius 3 is 3.00 bits per heavy atom. The monoisotopic (exact) mass is 258 g/mol. The summed E-state index contributed by atoms with van der Waals surface area (Å²) in [6.07, 6.45) is 2.61. The number of H-pyrrole nitrogens is 1. The summed E-state index contributed by atoms with van der Waals surface area (Å²) in [4.78, 5) is 11.6. The number of rotatable bonds is 3. The fourth-order valence-corrected chi connectivity index (χ4v) is 3.53. The molecular formula is C9H14N4O3S. The van der Waals surface area contributed by atoms with Gasteiger partial charge in [-0.05, 0) is 18.9 Å². The molecule has 2 heterocycles. The van der Waals surface area contributed by atoms with Crippen LogP contribution in [-0.2, 0) is 14.8 Å². The normalized spacial score (nSPS) is 21.6. The third-order valence-corrected chi connectivity index (χ3v) is 4.65. The van der Waals surface area contributed by atoms with E-state index in [2.05, 4.69) is 15.5 Å². The highest BCUT2D eigenvalue weighted by Crippen LogP contribution is 2.24. The number of sulfonamides is 1. The maximum Gasteiger partial charge on any atom is 0.260 e. The Hall–Kier alpha value is -1.41. The van der Waals surface area contributed by atoms with Crippen molar-refractivity contribution in [3.05, 3.63) is 12.3 Å². The molecule has 1 saturated heterocycles. The lowest BCUT2D eigenvalue weighted by Crippen LogP contribution is -2.44. The van der Waals surface area contributed by atoms with Gasteiger partial charge in [0.1, 0.15) is 6.04 Å². The average Bonchev–Trinajstić information content (AvgIpc) is 2.98. The molecule has 1 aliphatic rings. The lowest BCUT2D eigenvalue weighted by molar-refractivity contribution is -0.123.